The van der Waals surface area contributed by atoms with E-state index in [9.17, 15) is 13.2 Å². The fraction of sp³-hybridized carbons (Fsp3) is 0.941. The Morgan fingerprint density at radius 3 is 2.54 bits per heavy atom. The lowest BCUT2D eigenvalue weighted by atomic mass is 9.71. The summed E-state index contributed by atoms with van der Waals surface area (Å²) in [5, 5.41) is 0. The molecule has 1 saturated carbocycles. The van der Waals surface area contributed by atoms with E-state index in [0.717, 1.165) is 32.1 Å². The maximum Gasteiger partial charge on any atom is 0.223 e. The van der Waals surface area contributed by atoms with E-state index in [-0.39, 0.29) is 28.9 Å². The van der Waals surface area contributed by atoms with E-state index in [2.05, 4.69) is 0 Å². The molecule has 0 radical (unpaired) electrons. The van der Waals surface area contributed by atoms with Crippen LogP contribution in [0.5, 0.6) is 0 Å². The fourth-order valence-electron chi connectivity index (χ4n) is 4.09. The van der Waals surface area contributed by atoms with Crippen molar-refractivity contribution in [3.8, 4) is 0 Å². The highest BCUT2D eigenvalue weighted by Gasteiger charge is 2.38. The van der Waals surface area contributed by atoms with Crippen LogP contribution in [0.25, 0.3) is 0 Å². The maximum atomic E-state index is 13.0. The number of methoxy groups -OCH3 is 1. The molecular weight excluding hydrogens is 328 g/mol. The Kier molecular flexibility index (Phi) is 7.07. The SMILES string of the molecule is COCCCN(C(=O)CC1(CN)CCCCC1)C1CCS(=O)(=O)C1. The second-order valence-corrected chi connectivity index (χ2v) is 9.66. The number of hydrogen-bond donors (Lipinski definition) is 1. The summed E-state index contributed by atoms with van der Waals surface area (Å²) in [6, 6.07) is -0.183. The average molecular weight is 361 g/mol. The van der Waals surface area contributed by atoms with Gasteiger partial charge in [0.15, 0.2) is 9.84 Å². The molecule has 1 saturated heterocycles. The molecular formula is C17H32N2O4S. The smallest absolute Gasteiger partial charge is 0.223 e. The van der Waals surface area contributed by atoms with Crippen molar-refractivity contribution in [1.82, 2.24) is 4.90 Å². The van der Waals surface area contributed by atoms with Crippen LogP contribution >= 0.6 is 0 Å². The van der Waals surface area contributed by atoms with Crippen LogP contribution in [0.2, 0.25) is 0 Å². The molecule has 1 aliphatic heterocycles. The van der Waals surface area contributed by atoms with Gasteiger partial charge in [-0.25, -0.2) is 8.42 Å². The number of ether oxygens (including phenoxy) is 1. The van der Waals surface area contributed by atoms with Gasteiger partial charge in [0.1, 0.15) is 0 Å². The van der Waals surface area contributed by atoms with E-state index >= 15 is 0 Å². The monoisotopic (exact) mass is 360 g/mol. The van der Waals surface area contributed by atoms with Crippen LogP contribution in [0, 0.1) is 5.41 Å². The highest BCUT2D eigenvalue weighted by Crippen LogP contribution is 2.39. The van der Waals surface area contributed by atoms with Crippen molar-refractivity contribution < 1.29 is 17.9 Å². The predicted molar refractivity (Wildman–Crippen MR) is 94.5 cm³/mol. The molecule has 140 valence electrons. The summed E-state index contributed by atoms with van der Waals surface area (Å²) in [6.07, 6.45) is 7.22. The van der Waals surface area contributed by atoms with Crippen molar-refractivity contribution in [2.45, 2.75) is 57.4 Å². The van der Waals surface area contributed by atoms with Gasteiger partial charge in [-0.1, -0.05) is 19.3 Å². The Labute approximate surface area is 146 Å². The van der Waals surface area contributed by atoms with Crippen molar-refractivity contribution in [2.75, 3.05) is 38.3 Å². The van der Waals surface area contributed by atoms with Crippen LogP contribution in [0.4, 0.5) is 0 Å². The molecule has 0 bridgehead atoms. The Morgan fingerprint density at radius 1 is 1.29 bits per heavy atom. The number of rotatable bonds is 8. The van der Waals surface area contributed by atoms with Crippen molar-refractivity contribution in [2.24, 2.45) is 11.1 Å². The number of amides is 1. The van der Waals surface area contributed by atoms with E-state index in [1.54, 1.807) is 12.0 Å². The third-order valence-corrected chi connectivity index (χ3v) is 7.34. The Hall–Kier alpha value is -0.660. The van der Waals surface area contributed by atoms with Gasteiger partial charge in [0.2, 0.25) is 5.91 Å². The van der Waals surface area contributed by atoms with E-state index in [0.29, 0.717) is 32.5 Å². The number of carbonyl (C=O) groups excluding carboxylic acids is 1. The largest absolute Gasteiger partial charge is 0.385 e. The van der Waals surface area contributed by atoms with Crippen molar-refractivity contribution in [1.29, 1.82) is 0 Å². The summed E-state index contributed by atoms with van der Waals surface area (Å²) >= 11 is 0. The van der Waals surface area contributed by atoms with Crippen LogP contribution in [0.3, 0.4) is 0 Å². The molecule has 1 heterocycles. The molecule has 0 spiro atoms. The molecule has 1 aliphatic carbocycles. The topological polar surface area (TPSA) is 89.7 Å². The summed E-state index contributed by atoms with van der Waals surface area (Å²) in [5.74, 6) is 0.357. The normalized spacial score (nSPS) is 25.5. The molecule has 0 aromatic heterocycles. The lowest BCUT2D eigenvalue weighted by Crippen LogP contribution is -2.46. The van der Waals surface area contributed by atoms with Crippen molar-refractivity contribution in [3.05, 3.63) is 0 Å². The van der Waals surface area contributed by atoms with Crippen molar-refractivity contribution in [3.63, 3.8) is 0 Å². The van der Waals surface area contributed by atoms with E-state index in [4.69, 9.17) is 10.5 Å². The summed E-state index contributed by atoms with van der Waals surface area (Å²) in [5.41, 5.74) is 5.93. The molecule has 7 heteroatoms. The number of carbonyl (C=O) groups is 1. The standard InChI is InChI=1S/C17H32N2O4S/c1-23-10-5-9-19(15-6-11-24(21,22)13-15)16(20)12-17(14-18)7-3-2-4-8-17/h15H,2-14,18H2,1H3. The third kappa shape index (κ3) is 5.17. The first kappa shape index (κ1) is 19.7. The summed E-state index contributed by atoms with van der Waals surface area (Å²) in [7, 11) is -1.37. The van der Waals surface area contributed by atoms with Crippen LogP contribution in [0.1, 0.15) is 51.4 Å². The lowest BCUT2D eigenvalue weighted by Gasteiger charge is -2.38. The number of sulfone groups is 1. The Morgan fingerprint density at radius 2 is 2.00 bits per heavy atom. The predicted octanol–water partition coefficient (Wildman–Crippen LogP) is 1.34. The minimum atomic E-state index is -3.01. The first-order chi connectivity index (χ1) is 11.4. The lowest BCUT2D eigenvalue weighted by molar-refractivity contribution is -0.136. The summed E-state index contributed by atoms with van der Waals surface area (Å²) in [4.78, 5) is 14.8. The van der Waals surface area contributed by atoms with E-state index < -0.39 is 9.84 Å². The number of hydrogen-bond acceptors (Lipinski definition) is 5. The zero-order chi connectivity index (χ0) is 17.6. The van der Waals surface area contributed by atoms with Gasteiger partial charge in [-0.15, -0.1) is 0 Å². The molecule has 1 unspecified atom stereocenters. The summed E-state index contributed by atoms with van der Waals surface area (Å²) in [6.45, 7) is 1.67. The Bertz CT molecular complexity index is 515. The van der Waals surface area contributed by atoms with Crippen molar-refractivity contribution >= 4 is 15.7 Å². The minimum absolute atomic E-state index is 0.0700. The molecule has 2 rings (SSSR count). The minimum Gasteiger partial charge on any atom is -0.385 e. The maximum absolute atomic E-state index is 13.0. The molecule has 1 atom stereocenters. The zero-order valence-corrected chi connectivity index (χ0v) is 15.7. The molecule has 0 aromatic carbocycles. The van der Waals surface area contributed by atoms with Crippen LogP contribution < -0.4 is 5.73 Å². The summed E-state index contributed by atoms with van der Waals surface area (Å²) < 4.78 is 28.7. The van der Waals surface area contributed by atoms with Gasteiger partial charge in [-0.05, 0) is 37.6 Å². The second kappa shape index (κ2) is 8.63. The zero-order valence-electron chi connectivity index (χ0n) is 14.8. The van der Waals surface area contributed by atoms with E-state index in [1.807, 2.05) is 0 Å². The molecule has 2 aliphatic rings. The van der Waals surface area contributed by atoms with Gasteiger partial charge in [0.25, 0.3) is 0 Å². The van der Waals surface area contributed by atoms with Gasteiger partial charge in [-0.3, -0.25) is 4.79 Å². The molecule has 1 amide bonds. The average Bonchev–Trinajstić information content (AvgIpc) is 2.92. The van der Waals surface area contributed by atoms with Crippen LogP contribution in [-0.4, -0.2) is 63.6 Å². The quantitative estimate of drug-likeness (QED) is 0.660. The van der Waals surface area contributed by atoms with Gasteiger partial charge in [-0.2, -0.15) is 0 Å². The molecule has 2 fully saturated rings. The molecule has 2 N–H and O–H groups in total. The number of nitrogens with two attached hydrogens (primary N) is 1. The van der Waals surface area contributed by atoms with Crippen LogP contribution in [-0.2, 0) is 19.4 Å². The van der Waals surface area contributed by atoms with E-state index in [1.165, 1.54) is 6.42 Å². The highest BCUT2D eigenvalue weighted by atomic mass is 32.2. The first-order valence-electron chi connectivity index (χ1n) is 9.10. The van der Waals surface area contributed by atoms with Gasteiger partial charge < -0.3 is 15.4 Å². The molecule has 0 aromatic rings. The second-order valence-electron chi connectivity index (χ2n) is 7.43. The molecule has 24 heavy (non-hydrogen) atoms. The van der Waals surface area contributed by atoms with Gasteiger partial charge >= 0.3 is 0 Å². The first-order valence-corrected chi connectivity index (χ1v) is 10.9. The highest BCUT2D eigenvalue weighted by molar-refractivity contribution is 7.91. The Balaban J connectivity index is 2.05. The number of nitrogens with zero attached hydrogens (tertiary/aromatic N) is 1. The fourth-order valence-corrected chi connectivity index (χ4v) is 5.82. The van der Waals surface area contributed by atoms with Gasteiger partial charge in [0, 0.05) is 32.7 Å². The van der Waals surface area contributed by atoms with Crippen LogP contribution in [0.15, 0.2) is 0 Å². The van der Waals surface area contributed by atoms with Gasteiger partial charge in [0.05, 0.1) is 11.5 Å². The molecule has 6 nitrogen and oxygen atoms in total. The third-order valence-electron chi connectivity index (χ3n) is 5.59.